The number of nitrogens with zero attached hydrogens (tertiary/aromatic N) is 2. The Hall–Kier alpha value is -7.42. The minimum atomic E-state index is -0.0590. The molecule has 9 aromatic carbocycles. The van der Waals surface area contributed by atoms with Gasteiger partial charge >= 0.3 is 0 Å². The molecule has 0 aliphatic heterocycles. The summed E-state index contributed by atoms with van der Waals surface area (Å²) in [5, 5.41) is 2.43. The Labute approximate surface area is 345 Å². The van der Waals surface area contributed by atoms with Crippen molar-refractivity contribution >= 4 is 38.9 Å². The zero-order valence-electron chi connectivity index (χ0n) is 33.2. The molecule has 1 aliphatic rings. The normalized spacial score (nSPS) is 12.7. The van der Waals surface area contributed by atoms with Crippen molar-refractivity contribution in [2.24, 2.45) is 0 Å². The molecule has 59 heavy (non-hydrogen) atoms. The predicted molar refractivity (Wildman–Crippen MR) is 249 cm³/mol. The van der Waals surface area contributed by atoms with Crippen molar-refractivity contribution in [2.75, 3.05) is 4.90 Å². The lowest BCUT2D eigenvalue weighted by molar-refractivity contribution is 0.660. The monoisotopic (exact) mass is 754 g/mol. The summed E-state index contributed by atoms with van der Waals surface area (Å²) < 4.78 is 2.40. The Morgan fingerprint density at radius 3 is 1.66 bits per heavy atom. The first-order valence-electron chi connectivity index (χ1n) is 20.5. The summed E-state index contributed by atoms with van der Waals surface area (Å²) in [7, 11) is 0. The molecule has 1 aliphatic carbocycles. The minimum absolute atomic E-state index is 0.0590. The van der Waals surface area contributed by atoms with Crippen LogP contribution < -0.4 is 4.90 Å². The summed E-state index contributed by atoms with van der Waals surface area (Å²) in [5.41, 5.74) is 19.4. The molecule has 1 aromatic heterocycles. The average molecular weight is 755 g/mol. The molecule has 280 valence electrons. The van der Waals surface area contributed by atoms with E-state index >= 15 is 0 Å². The largest absolute Gasteiger partial charge is 0.310 e. The fourth-order valence-electron chi connectivity index (χ4n) is 9.59. The lowest BCUT2D eigenvalue weighted by atomic mass is 9.82. The topological polar surface area (TPSA) is 8.17 Å². The van der Waals surface area contributed by atoms with Crippen LogP contribution in [0.25, 0.3) is 72.0 Å². The zero-order chi connectivity index (χ0) is 39.5. The summed E-state index contributed by atoms with van der Waals surface area (Å²) in [4.78, 5) is 2.47. The van der Waals surface area contributed by atoms with Gasteiger partial charge < -0.3 is 9.47 Å². The molecule has 0 N–H and O–H groups in total. The van der Waals surface area contributed by atoms with E-state index in [1.807, 2.05) is 0 Å². The molecule has 11 rings (SSSR count). The Bertz CT molecular complexity index is 3100. The van der Waals surface area contributed by atoms with Crippen LogP contribution in [0.15, 0.2) is 218 Å². The fraction of sp³-hybridized carbons (Fsp3) is 0.0526. The first kappa shape index (κ1) is 34.8. The summed E-state index contributed by atoms with van der Waals surface area (Å²) >= 11 is 0. The molecule has 0 fully saturated rings. The van der Waals surface area contributed by atoms with E-state index in [9.17, 15) is 0 Å². The molecule has 2 nitrogen and oxygen atoms in total. The van der Waals surface area contributed by atoms with Gasteiger partial charge in [0.25, 0.3) is 0 Å². The van der Waals surface area contributed by atoms with E-state index in [1.54, 1.807) is 0 Å². The Morgan fingerprint density at radius 2 is 0.949 bits per heavy atom. The number of aromatic nitrogens is 1. The van der Waals surface area contributed by atoms with E-state index in [0.717, 1.165) is 22.7 Å². The second kappa shape index (κ2) is 13.9. The van der Waals surface area contributed by atoms with Gasteiger partial charge in [-0.2, -0.15) is 0 Å². The van der Waals surface area contributed by atoms with Gasteiger partial charge in [0.15, 0.2) is 0 Å². The number of benzene rings is 9. The van der Waals surface area contributed by atoms with Crippen molar-refractivity contribution in [3.63, 3.8) is 0 Å². The van der Waals surface area contributed by atoms with Gasteiger partial charge in [0.1, 0.15) is 0 Å². The first-order chi connectivity index (χ1) is 29.0. The van der Waals surface area contributed by atoms with Crippen LogP contribution in [-0.2, 0) is 5.41 Å². The van der Waals surface area contributed by atoms with Crippen LogP contribution in [0.4, 0.5) is 17.1 Å². The van der Waals surface area contributed by atoms with Crippen LogP contribution in [0.3, 0.4) is 0 Å². The van der Waals surface area contributed by atoms with Crippen molar-refractivity contribution < 1.29 is 0 Å². The number of para-hydroxylation sites is 2. The van der Waals surface area contributed by atoms with Gasteiger partial charge in [-0.1, -0.05) is 172 Å². The van der Waals surface area contributed by atoms with E-state index in [1.165, 1.54) is 77.4 Å². The highest BCUT2D eigenvalue weighted by Crippen LogP contribution is 2.52. The van der Waals surface area contributed by atoms with E-state index < -0.39 is 0 Å². The smallest absolute Gasteiger partial charge is 0.0562 e. The van der Waals surface area contributed by atoms with Gasteiger partial charge in [-0.3, -0.25) is 0 Å². The maximum Gasteiger partial charge on any atom is 0.0562 e. The molecule has 0 unspecified atom stereocenters. The second-order valence-electron chi connectivity index (χ2n) is 16.1. The molecule has 1 heterocycles. The van der Waals surface area contributed by atoms with Crippen LogP contribution in [-0.4, -0.2) is 4.57 Å². The van der Waals surface area contributed by atoms with Gasteiger partial charge in [-0.05, 0) is 116 Å². The van der Waals surface area contributed by atoms with Gasteiger partial charge in [-0.25, -0.2) is 0 Å². The van der Waals surface area contributed by atoms with Crippen LogP contribution in [0, 0.1) is 0 Å². The molecule has 0 spiro atoms. The maximum atomic E-state index is 2.47. The molecule has 0 amide bonds. The number of hydrogen-bond acceptors (Lipinski definition) is 1. The molecule has 0 atom stereocenters. The third kappa shape index (κ3) is 5.71. The predicted octanol–water partition coefficient (Wildman–Crippen LogP) is 15.6. The van der Waals surface area contributed by atoms with E-state index in [2.05, 4.69) is 242 Å². The summed E-state index contributed by atoms with van der Waals surface area (Å²) in [6, 6.07) is 79.9. The summed E-state index contributed by atoms with van der Waals surface area (Å²) in [5.74, 6) is 0. The van der Waals surface area contributed by atoms with Gasteiger partial charge in [0, 0.05) is 33.2 Å². The molecule has 0 bridgehead atoms. The quantitative estimate of drug-likeness (QED) is 0.157. The van der Waals surface area contributed by atoms with Gasteiger partial charge in [0.2, 0.25) is 0 Å². The highest BCUT2D eigenvalue weighted by Gasteiger charge is 2.36. The van der Waals surface area contributed by atoms with Crippen molar-refractivity contribution in [1.29, 1.82) is 0 Å². The van der Waals surface area contributed by atoms with Gasteiger partial charge in [0.05, 0.1) is 16.7 Å². The fourth-order valence-corrected chi connectivity index (χ4v) is 9.59. The minimum Gasteiger partial charge on any atom is -0.310 e. The van der Waals surface area contributed by atoms with Crippen molar-refractivity contribution in [2.45, 2.75) is 19.3 Å². The summed E-state index contributed by atoms with van der Waals surface area (Å²) in [6.45, 7) is 4.70. The number of fused-ring (bicyclic) bond motifs is 6. The molecule has 10 aromatic rings. The average Bonchev–Trinajstić information content (AvgIpc) is 3.76. The van der Waals surface area contributed by atoms with Crippen LogP contribution in [0.1, 0.15) is 25.0 Å². The van der Waals surface area contributed by atoms with E-state index in [0.29, 0.717) is 0 Å². The molecule has 0 radical (unpaired) electrons. The van der Waals surface area contributed by atoms with Crippen molar-refractivity contribution in [3.05, 3.63) is 230 Å². The SMILES string of the molecule is CC1(C)c2ccccc2-c2c(-c3ccc(N(c4cc(-c5ccccc5)cc(-c5ccccc5)c4)c4cccc5c4c4ccccc4n5-c4ccccc4)cc3)cccc21. The van der Waals surface area contributed by atoms with Crippen LogP contribution >= 0.6 is 0 Å². The van der Waals surface area contributed by atoms with Gasteiger partial charge in [-0.15, -0.1) is 0 Å². The molecule has 0 saturated heterocycles. The van der Waals surface area contributed by atoms with Crippen LogP contribution in [0.5, 0.6) is 0 Å². The highest BCUT2D eigenvalue weighted by molar-refractivity contribution is 6.16. The lowest BCUT2D eigenvalue weighted by Gasteiger charge is -2.28. The third-order valence-corrected chi connectivity index (χ3v) is 12.4. The molecule has 0 saturated carbocycles. The Balaban J connectivity index is 1.16. The standard InChI is InChI=1S/C57H42N2/c1-57(2)50-27-14-12-24-48(50)55-47(26-16-28-51(55)57)41-32-34-45(35-33-41)58(46-37-42(39-18-6-3-7-19-39)36-43(38-46)40-20-8-4-9-21-40)53-30-17-31-54-56(53)49-25-13-15-29-52(49)59(54)44-22-10-5-11-23-44/h3-38H,1-2H3. The molecular weight excluding hydrogens is 713 g/mol. The molecular formula is C57H42N2. The Morgan fingerprint density at radius 1 is 0.390 bits per heavy atom. The van der Waals surface area contributed by atoms with Crippen molar-refractivity contribution in [1.82, 2.24) is 4.57 Å². The number of rotatable bonds is 7. The summed E-state index contributed by atoms with van der Waals surface area (Å²) in [6.07, 6.45) is 0. The molecule has 2 heteroatoms. The number of hydrogen-bond donors (Lipinski definition) is 0. The Kier molecular flexibility index (Phi) is 8.20. The van der Waals surface area contributed by atoms with Crippen LogP contribution in [0.2, 0.25) is 0 Å². The second-order valence-corrected chi connectivity index (χ2v) is 16.1. The third-order valence-electron chi connectivity index (χ3n) is 12.4. The zero-order valence-corrected chi connectivity index (χ0v) is 33.2. The maximum absolute atomic E-state index is 2.47. The van der Waals surface area contributed by atoms with E-state index in [4.69, 9.17) is 0 Å². The number of anilines is 3. The highest BCUT2D eigenvalue weighted by atomic mass is 15.1. The first-order valence-corrected chi connectivity index (χ1v) is 20.5. The van der Waals surface area contributed by atoms with E-state index in [-0.39, 0.29) is 5.41 Å². The lowest BCUT2D eigenvalue weighted by Crippen LogP contribution is -2.14. The van der Waals surface area contributed by atoms with Crippen molar-refractivity contribution in [3.8, 4) is 50.2 Å².